The normalized spacial score (nSPS) is 14.2. The summed E-state index contributed by atoms with van der Waals surface area (Å²) in [5.74, 6) is 0.457. The van der Waals surface area contributed by atoms with Gasteiger partial charge in [-0.25, -0.2) is 4.98 Å². The van der Waals surface area contributed by atoms with Crippen LogP contribution in [-0.4, -0.2) is 33.4 Å². The Morgan fingerprint density at radius 2 is 2.00 bits per heavy atom. The lowest BCUT2D eigenvalue weighted by Crippen LogP contribution is -2.35. The number of hydrogen-bond donors (Lipinski definition) is 0. The Labute approximate surface area is 145 Å². The van der Waals surface area contributed by atoms with Crippen molar-refractivity contribution in [2.75, 3.05) is 13.1 Å². The number of hydrogen-bond acceptors (Lipinski definition) is 3. The van der Waals surface area contributed by atoms with E-state index in [1.54, 1.807) is 12.1 Å². The third-order valence-electron chi connectivity index (χ3n) is 4.26. The van der Waals surface area contributed by atoms with Gasteiger partial charge in [0.15, 0.2) is 0 Å². The van der Waals surface area contributed by atoms with Crippen molar-refractivity contribution < 1.29 is 4.79 Å². The molecule has 6 heteroatoms. The van der Waals surface area contributed by atoms with Gasteiger partial charge in [0.05, 0.1) is 0 Å². The van der Waals surface area contributed by atoms with Gasteiger partial charge >= 0.3 is 0 Å². The van der Waals surface area contributed by atoms with Crippen LogP contribution >= 0.6 is 11.6 Å². The van der Waals surface area contributed by atoms with Crippen LogP contribution in [-0.2, 0) is 17.8 Å². The lowest BCUT2D eigenvalue weighted by Gasteiger charge is -2.18. The molecule has 0 N–H and O–H groups in total. The second-order valence-corrected chi connectivity index (χ2v) is 6.38. The minimum atomic E-state index is -0.204. The molecule has 0 aliphatic carbocycles. The minimum absolute atomic E-state index is 0.0116. The Hall–Kier alpha value is -2.14. The largest absolute Gasteiger partial charge is 0.341 e. The maximum atomic E-state index is 12.5. The molecule has 0 spiro atoms. The van der Waals surface area contributed by atoms with E-state index in [-0.39, 0.29) is 18.0 Å². The van der Waals surface area contributed by atoms with E-state index >= 15 is 0 Å². The minimum Gasteiger partial charge on any atom is -0.341 e. The summed E-state index contributed by atoms with van der Waals surface area (Å²) in [4.78, 5) is 31.4. The molecule has 5 nitrogen and oxygen atoms in total. The lowest BCUT2D eigenvalue weighted by molar-refractivity contribution is -0.130. The van der Waals surface area contributed by atoms with Crippen LogP contribution in [0.1, 0.15) is 25.5 Å². The molecule has 2 heterocycles. The average molecular weight is 346 g/mol. The summed E-state index contributed by atoms with van der Waals surface area (Å²) in [5.41, 5.74) is 1.24. The highest BCUT2D eigenvalue weighted by atomic mass is 35.5. The molecule has 0 saturated carbocycles. The fraction of sp³-hybridized carbons (Fsp3) is 0.389. The fourth-order valence-corrected chi connectivity index (χ4v) is 3.13. The topological polar surface area (TPSA) is 55.2 Å². The smallest absolute Gasteiger partial charge is 0.254 e. The summed E-state index contributed by atoms with van der Waals surface area (Å²) in [6.45, 7) is 3.49. The highest BCUT2D eigenvalue weighted by Gasteiger charge is 2.20. The van der Waals surface area contributed by atoms with Crippen LogP contribution < -0.4 is 5.56 Å². The van der Waals surface area contributed by atoms with Gasteiger partial charge in [0, 0.05) is 35.4 Å². The van der Waals surface area contributed by atoms with Gasteiger partial charge in [-0.1, -0.05) is 30.7 Å². The number of rotatable bonds is 4. The summed E-state index contributed by atoms with van der Waals surface area (Å²) in [6.07, 6.45) is 2.70. The first kappa shape index (κ1) is 16.7. The van der Waals surface area contributed by atoms with Gasteiger partial charge in [0.2, 0.25) is 5.91 Å². The predicted octanol–water partition coefficient (Wildman–Crippen LogP) is 2.75. The van der Waals surface area contributed by atoms with Crippen molar-refractivity contribution in [1.29, 1.82) is 0 Å². The fourth-order valence-electron chi connectivity index (χ4n) is 2.94. The van der Waals surface area contributed by atoms with Crippen molar-refractivity contribution in [1.82, 2.24) is 14.5 Å². The molecule has 1 saturated heterocycles. The Morgan fingerprint density at radius 1 is 1.25 bits per heavy atom. The van der Waals surface area contributed by atoms with Crippen molar-refractivity contribution >= 4 is 17.5 Å². The zero-order valence-corrected chi connectivity index (χ0v) is 14.4. The molecule has 1 amide bonds. The lowest BCUT2D eigenvalue weighted by atomic mass is 10.2. The standard InChI is InChI=1S/C18H20ClN3O2/c1-2-15-11-16(23)22(12-17(24)21-8-3-4-9-21)18(20-15)13-6-5-7-14(19)10-13/h5-7,10-11H,2-4,8-9,12H2,1H3. The molecule has 0 radical (unpaired) electrons. The molecular formula is C18H20ClN3O2. The molecule has 24 heavy (non-hydrogen) atoms. The third kappa shape index (κ3) is 3.51. The number of carbonyl (C=O) groups excluding carboxylic acids is 1. The summed E-state index contributed by atoms with van der Waals surface area (Å²) in [7, 11) is 0. The van der Waals surface area contributed by atoms with E-state index in [1.165, 1.54) is 10.6 Å². The monoisotopic (exact) mass is 345 g/mol. The van der Waals surface area contributed by atoms with Crippen LogP contribution in [0.25, 0.3) is 11.4 Å². The van der Waals surface area contributed by atoms with E-state index < -0.39 is 0 Å². The molecule has 1 aliphatic heterocycles. The number of carbonyl (C=O) groups is 1. The van der Waals surface area contributed by atoms with Crippen LogP contribution in [0.3, 0.4) is 0 Å². The van der Waals surface area contributed by atoms with Gasteiger partial charge in [-0.15, -0.1) is 0 Å². The van der Waals surface area contributed by atoms with Gasteiger partial charge in [-0.2, -0.15) is 0 Å². The summed E-state index contributed by atoms with van der Waals surface area (Å²) < 4.78 is 1.45. The zero-order chi connectivity index (χ0) is 17.1. The average Bonchev–Trinajstić information content (AvgIpc) is 3.11. The van der Waals surface area contributed by atoms with Crippen molar-refractivity contribution in [3.05, 3.63) is 51.4 Å². The van der Waals surface area contributed by atoms with E-state index in [0.717, 1.165) is 31.5 Å². The number of likely N-dealkylation sites (tertiary alicyclic amines) is 1. The Balaban J connectivity index is 2.03. The van der Waals surface area contributed by atoms with Gasteiger partial charge in [0.25, 0.3) is 5.56 Å². The van der Waals surface area contributed by atoms with Crippen LogP contribution in [0, 0.1) is 0 Å². The molecule has 2 aromatic rings. The maximum absolute atomic E-state index is 12.5. The van der Waals surface area contributed by atoms with Gasteiger partial charge in [-0.3, -0.25) is 14.2 Å². The number of aromatic nitrogens is 2. The first-order valence-corrected chi connectivity index (χ1v) is 8.60. The van der Waals surface area contributed by atoms with E-state index in [1.807, 2.05) is 24.0 Å². The number of benzene rings is 1. The summed E-state index contributed by atoms with van der Waals surface area (Å²) in [6, 6.07) is 8.70. The Morgan fingerprint density at radius 3 is 2.67 bits per heavy atom. The quantitative estimate of drug-likeness (QED) is 0.856. The SMILES string of the molecule is CCc1cc(=O)n(CC(=O)N2CCCC2)c(-c2cccc(Cl)c2)n1. The van der Waals surface area contributed by atoms with Gasteiger partial charge < -0.3 is 4.90 Å². The van der Waals surface area contributed by atoms with Gasteiger partial charge in [-0.05, 0) is 31.4 Å². The van der Waals surface area contributed by atoms with Crippen molar-refractivity contribution in [3.63, 3.8) is 0 Å². The molecule has 0 atom stereocenters. The number of halogens is 1. The van der Waals surface area contributed by atoms with Crippen molar-refractivity contribution in [3.8, 4) is 11.4 Å². The number of amides is 1. The molecule has 1 aliphatic rings. The maximum Gasteiger partial charge on any atom is 0.254 e. The molecule has 1 aromatic heterocycles. The van der Waals surface area contributed by atoms with E-state index in [4.69, 9.17) is 11.6 Å². The zero-order valence-electron chi connectivity index (χ0n) is 13.7. The van der Waals surface area contributed by atoms with E-state index in [2.05, 4.69) is 4.98 Å². The van der Waals surface area contributed by atoms with Gasteiger partial charge in [0.1, 0.15) is 12.4 Å². The molecule has 0 bridgehead atoms. The third-order valence-corrected chi connectivity index (χ3v) is 4.49. The second kappa shape index (κ2) is 7.18. The van der Waals surface area contributed by atoms with Crippen LogP contribution in [0.5, 0.6) is 0 Å². The molecular weight excluding hydrogens is 326 g/mol. The molecule has 0 unspecified atom stereocenters. The molecule has 3 rings (SSSR count). The Kier molecular flexibility index (Phi) is 5.00. The van der Waals surface area contributed by atoms with Crippen molar-refractivity contribution in [2.24, 2.45) is 0 Å². The highest BCUT2D eigenvalue weighted by molar-refractivity contribution is 6.30. The molecule has 1 fully saturated rings. The summed E-state index contributed by atoms with van der Waals surface area (Å²) in [5, 5.41) is 0.570. The van der Waals surface area contributed by atoms with Crippen LogP contribution in [0.15, 0.2) is 35.1 Å². The molecule has 126 valence electrons. The van der Waals surface area contributed by atoms with Crippen LogP contribution in [0.2, 0.25) is 5.02 Å². The molecule has 1 aromatic carbocycles. The van der Waals surface area contributed by atoms with Crippen LogP contribution in [0.4, 0.5) is 0 Å². The summed E-state index contributed by atoms with van der Waals surface area (Å²) >= 11 is 6.08. The van der Waals surface area contributed by atoms with E-state index in [0.29, 0.717) is 23.0 Å². The first-order valence-electron chi connectivity index (χ1n) is 8.23. The first-order chi connectivity index (χ1) is 11.6. The highest BCUT2D eigenvalue weighted by Crippen LogP contribution is 2.21. The Bertz CT molecular complexity index is 810. The number of aryl methyl sites for hydroxylation is 1. The van der Waals surface area contributed by atoms with Crippen molar-refractivity contribution in [2.45, 2.75) is 32.7 Å². The second-order valence-electron chi connectivity index (χ2n) is 5.95. The number of nitrogens with zero attached hydrogens (tertiary/aromatic N) is 3. The van der Waals surface area contributed by atoms with E-state index in [9.17, 15) is 9.59 Å². The predicted molar refractivity (Wildman–Crippen MR) is 94.1 cm³/mol.